The van der Waals surface area contributed by atoms with Crippen molar-refractivity contribution in [3.63, 3.8) is 0 Å². The maximum atomic E-state index is 2.86. The van der Waals surface area contributed by atoms with Gasteiger partial charge in [0.25, 0.3) is 0 Å². The van der Waals surface area contributed by atoms with Crippen LogP contribution in [0.3, 0.4) is 0 Å². The number of nitrogens with zero attached hydrogens (tertiary/aromatic N) is 4. The molecule has 2 aliphatic rings. The molecular formula is C56H72N4P4. The van der Waals surface area contributed by atoms with E-state index in [1.807, 2.05) is 0 Å². The molecule has 0 radical (unpaired) electrons. The summed E-state index contributed by atoms with van der Waals surface area (Å²) >= 11 is 0. The van der Waals surface area contributed by atoms with Gasteiger partial charge in [0.2, 0.25) is 0 Å². The molecule has 0 aliphatic heterocycles. The molecular weight excluding hydrogens is 853 g/mol. The number of rotatable bonds is 16. The Hall–Kier alpha value is -3.12. The maximum Gasteiger partial charge on any atom is 0.0769 e. The van der Waals surface area contributed by atoms with E-state index in [0.717, 1.165) is 0 Å². The van der Waals surface area contributed by atoms with Gasteiger partial charge in [0.15, 0.2) is 0 Å². The summed E-state index contributed by atoms with van der Waals surface area (Å²) < 4.78 is 11.2. The first kappa shape index (κ1) is 48.8. The number of benzene rings is 6. The maximum absolute atomic E-state index is 2.86. The third kappa shape index (κ3) is 12.6. The molecule has 4 nitrogen and oxygen atoms in total. The molecule has 8 rings (SSSR count). The Labute approximate surface area is 392 Å². The van der Waals surface area contributed by atoms with Crippen molar-refractivity contribution in [3.05, 3.63) is 182 Å². The van der Waals surface area contributed by atoms with Crippen LogP contribution < -0.4 is 31.8 Å². The molecule has 336 valence electrons. The van der Waals surface area contributed by atoms with Crippen molar-refractivity contribution >= 4 is 64.4 Å². The van der Waals surface area contributed by atoms with Gasteiger partial charge in [-0.1, -0.05) is 221 Å². The lowest BCUT2D eigenvalue weighted by molar-refractivity contribution is 0.291. The summed E-state index contributed by atoms with van der Waals surface area (Å²) in [5, 5.41) is 8.66. The second kappa shape index (κ2) is 25.1. The Morgan fingerprint density at radius 3 is 0.766 bits per heavy atom. The van der Waals surface area contributed by atoms with Gasteiger partial charge in [0.1, 0.15) is 0 Å². The summed E-state index contributed by atoms with van der Waals surface area (Å²) in [5.41, 5.74) is 0. The Morgan fingerprint density at radius 2 is 0.547 bits per heavy atom. The van der Waals surface area contributed by atoms with Crippen LogP contribution in [0.5, 0.6) is 0 Å². The van der Waals surface area contributed by atoms with Gasteiger partial charge in [-0.05, 0) is 88.7 Å². The van der Waals surface area contributed by atoms with Gasteiger partial charge in [-0.3, -0.25) is 9.34 Å². The van der Waals surface area contributed by atoms with Crippen molar-refractivity contribution in [1.82, 2.24) is 18.2 Å². The minimum absolute atomic E-state index is 0.430. The standard InChI is InChI=1S/2C28H36N2P2/c2*1-24(2)30(31(26-18-10-5-11-19-26)27-20-12-6-13-21-27)32(28-22-14-7-15-23-28)29(3)25-16-8-4-9-17-25/h2*5-7,10-15,18-25H,4,8-9,16-17H2,1-3H3/t2*32-/m11/s1. The Kier molecular flexibility index (Phi) is 19.2. The molecule has 2 saturated carbocycles. The van der Waals surface area contributed by atoms with Gasteiger partial charge in [-0.2, -0.15) is 0 Å². The molecule has 0 heterocycles. The van der Waals surface area contributed by atoms with E-state index in [4.69, 9.17) is 0 Å². The third-order valence-electron chi connectivity index (χ3n) is 12.5. The molecule has 0 saturated heterocycles. The largest absolute Gasteiger partial charge is 0.266 e. The molecule has 64 heavy (non-hydrogen) atoms. The molecule has 2 fully saturated rings. The minimum atomic E-state index is -0.650. The first-order valence-corrected chi connectivity index (χ1v) is 29.0. The average Bonchev–Trinajstić information content (AvgIpc) is 3.36. The third-order valence-corrected chi connectivity index (χ3v) is 24.6. The predicted molar refractivity (Wildman–Crippen MR) is 287 cm³/mol. The molecule has 0 aromatic heterocycles. The summed E-state index contributed by atoms with van der Waals surface area (Å²) in [6.07, 6.45) is 13.5. The van der Waals surface area contributed by atoms with Crippen molar-refractivity contribution in [3.8, 4) is 0 Å². The van der Waals surface area contributed by atoms with E-state index in [0.29, 0.717) is 24.2 Å². The van der Waals surface area contributed by atoms with Gasteiger partial charge in [0, 0.05) is 50.9 Å². The van der Waals surface area contributed by atoms with Crippen LogP contribution in [0.2, 0.25) is 0 Å². The van der Waals surface area contributed by atoms with Gasteiger partial charge in [-0.25, -0.2) is 8.88 Å². The van der Waals surface area contributed by atoms with Gasteiger partial charge >= 0.3 is 0 Å². The highest BCUT2D eigenvalue weighted by Crippen LogP contribution is 2.60. The smallest absolute Gasteiger partial charge is 0.0769 e. The molecule has 2 aliphatic carbocycles. The molecule has 0 unspecified atom stereocenters. The van der Waals surface area contributed by atoms with E-state index in [9.17, 15) is 0 Å². The highest BCUT2D eigenvalue weighted by molar-refractivity contribution is 7.81. The predicted octanol–water partition coefficient (Wildman–Crippen LogP) is 13.3. The quantitative estimate of drug-likeness (QED) is 0.0897. The average molecular weight is 925 g/mol. The summed E-state index contributed by atoms with van der Waals surface area (Å²) in [5.74, 6) is 0. The fraction of sp³-hybridized carbons (Fsp3) is 0.357. The van der Waals surface area contributed by atoms with Crippen molar-refractivity contribution < 1.29 is 0 Å². The SMILES string of the molecule is CC(C)N(P(c1ccccc1)c1ccccc1)[P@](c1ccccc1)N(C)C1CCCCC1.CC(C)N(P(c1ccccc1)c1ccccc1)[P@](c1ccccc1)N(C)C1CCCCC1. The molecule has 0 amide bonds. The lowest BCUT2D eigenvalue weighted by Gasteiger charge is -2.47. The highest BCUT2D eigenvalue weighted by atomic mass is 31.2. The molecule has 8 heteroatoms. The normalized spacial score (nSPS) is 16.2. The first-order chi connectivity index (χ1) is 31.3. The van der Waals surface area contributed by atoms with E-state index in [2.05, 4.69) is 242 Å². The topological polar surface area (TPSA) is 13.0 Å². The molecule has 0 spiro atoms. The molecule has 0 N–H and O–H groups in total. The summed E-state index contributed by atoms with van der Waals surface area (Å²) in [4.78, 5) is 0. The molecule has 6 aromatic carbocycles. The summed E-state index contributed by atoms with van der Waals surface area (Å²) in [6.45, 7) is 9.53. The molecule has 2 atom stereocenters. The van der Waals surface area contributed by atoms with Crippen molar-refractivity contribution in [2.45, 2.75) is 116 Å². The van der Waals surface area contributed by atoms with Crippen LogP contribution in [0, 0.1) is 0 Å². The van der Waals surface area contributed by atoms with Crippen LogP contribution in [-0.4, -0.2) is 56.5 Å². The van der Waals surface area contributed by atoms with E-state index < -0.39 is 32.6 Å². The Bertz CT molecular complexity index is 1930. The van der Waals surface area contributed by atoms with Gasteiger partial charge < -0.3 is 0 Å². The van der Waals surface area contributed by atoms with E-state index >= 15 is 0 Å². The molecule has 0 bridgehead atoms. The second-order valence-corrected chi connectivity index (χ2v) is 26.9. The summed E-state index contributed by atoms with van der Waals surface area (Å²) in [6, 6.07) is 69.5. The van der Waals surface area contributed by atoms with Crippen molar-refractivity contribution in [2.75, 3.05) is 14.1 Å². The van der Waals surface area contributed by atoms with E-state index in [1.54, 1.807) is 0 Å². The number of hydrogen-bond donors (Lipinski definition) is 0. The zero-order chi connectivity index (χ0) is 44.7. The first-order valence-electron chi connectivity index (χ1n) is 23.9. The number of hydrogen-bond acceptors (Lipinski definition) is 4. The lowest BCUT2D eigenvalue weighted by Crippen LogP contribution is -2.41. The van der Waals surface area contributed by atoms with Crippen LogP contribution in [0.25, 0.3) is 0 Å². The highest BCUT2D eigenvalue weighted by Gasteiger charge is 2.39. The van der Waals surface area contributed by atoms with E-state index in [-0.39, 0.29) is 0 Å². The van der Waals surface area contributed by atoms with Crippen LogP contribution in [0.1, 0.15) is 91.9 Å². The molecule has 6 aromatic rings. The second-order valence-electron chi connectivity index (χ2n) is 17.8. The zero-order valence-electron chi connectivity index (χ0n) is 39.3. The van der Waals surface area contributed by atoms with Gasteiger partial charge in [-0.15, -0.1) is 0 Å². The van der Waals surface area contributed by atoms with E-state index in [1.165, 1.54) is 96.0 Å². The fourth-order valence-corrected chi connectivity index (χ4v) is 22.2. The van der Waals surface area contributed by atoms with Crippen molar-refractivity contribution in [2.24, 2.45) is 0 Å². The zero-order valence-corrected chi connectivity index (χ0v) is 42.9. The monoisotopic (exact) mass is 924 g/mol. The fourth-order valence-electron chi connectivity index (χ4n) is 9.35. The lowest BCUT2D eigenvalue weighted by atomic mass is 9.96. The Balaban J connectivity index is 0.000000191. The van der Waals surface area contributed by atoms with Crippen LogP contribution in [0.4, 0.5) is 0 Å². The van der Waals surface area contributed by atoms with Crippen LogP contribution in [-0.2, 0) is 0 Å². The van der Waals surface area contributed by atoms with Gasteiger partial charge in [0.05, 0.1) is 16.4 Å². The van der Waals surface area contributed by atoms with Crippen LogP contribution in [0.15, 0.2) is 182 Å². The van der Waals surface area contributed by atoms with Crippen molar-refractivity contribution in [1.29, 1.82) is 0 Å². The van der Waals surface area contributed by atoms with Crippen LogP contribution >= 0.6 is 32.6 Å². The minimum Gasteiger partial charge on any atom is -0.266 e. The Morgan fingerprint density at radius 1 is 0.328 bits per heavy atom. The summed E-state index contributed by atoms with van der Waals surface area (Å²) in [7, 11) is 2.23.